The molecular formula is C13H13BrFN3. The fraction of sp³-hybridized carbons (Fsp3) is 0.154. The summed E-state index contributed by atoms with van der Waals surface area (Å²) in [6.45, 7) is 0. The third-order valence-electron chi connectivity index (χ3n) is 2.73. The van der Waals surface area contributed by atoms with Crippen LogP contribution in [-0.2, 0) is 6.42 Å². The van der Waals surface area contributed by atoms with Crippen molar-refractivity contribution >= 4 is 15.9 Å². The van der Waals surface area contributed by atoms with Gasteiger partial charge in [0.15, 0.2) is 0 Å². The molecule has 94 valence electrons. The number of aromatic nitrogens is 1. The Labute approximate surface area is 113 Å². The molecule has 0 bridgehead atoms. The second kappa shape index (κ2) is 6.04. The van der Waals surface area contributed by atoms with E-state index in [9.17, 15) is 4.39 Å². The molecule has 1 aromatic carbocycles. The number of hydrazine groups is 1. The zero-order valence-electron chi connectivity index (χ0n) is 9.61. The molecule has 18 heavy (non-hydrogen) atoms. The number of halogens is 2. The van der Waals surface area contributed by atoms with E-state index in [4.69, 9.17) is 5.84 Å². The van der Waals surface area contributed by atoms with Crippen LogP contribution in [-0.4, -0.2) is 4.98 Å². The summed E-state index contributed by atoms with van der Waals surface area (Å²) in [6.07, 6.45) is 4.13. The maximum Gasteiger partial charge on any atom is 0.124 e. The van der Waals surface area contributed by atoms with Crippen molar-refractivity contribution in [1.82, 2.24) is 10.4 Å². The van der Waals surface area contributed by atoms with Crippen LogP contribution in [0, 0.1) is 5.82 Å². The van der Waals surface area contributed by atoms with Crippen LogP contribution in [0.2, 0.25) is 0 Å². The van der Waals surface area contributed by atoms with E-state index < -0.39 is 0 Å². The van der Waals surface area contributed by atoms with Gasteiger partial charge >= 0.3 is 0 Å². The van der Waals surface area contributed by atoms with Crippen molar-refractivity contribution in [2.75, 3.05) is 0 Å². The average molecular weight is 310 g/mol. The summed E-state index contributed by atoms with van der Waals surface area (Å²) in [6, 6.07) is 8.40. The number of nitrogens with two attached hydrogens (primary N) is 1. The first kappa shape index (κ1) is 13.1. The number of nitrogens with zero attached hydrogens (tertiary/aromatic N) is 1. The largest absolute Gasteiger partial charge is 0.271 e. The zero-order chi connectivity index (χ0) is 13.0. The second-order valence-corrected chi connectivity index (χ2v) is 4.80. The summed E-state index contributed by atoms with van der Waals surface area (Å²) >= 11 is 3.35. The van der Waals surface area contributed by atoms with Gasteiger partial charge in [-0.15, -0.1) is 0 Å². The zero-order valence-corrected chi connectivity index (χ0v) is 11.2. The van der Waals surface area contributed by atoms with Gasteiger partial charge in [0.2, 0.25) is 0 Å². The molecule has 0 radical (unpaired) electrons. The highest BCUT2D eigenvalue weighted by molar-refractivity contribution is 9.10. The van der Waals surface area contributed by atoms with Gasteiger partial charge in [-0.25, -0.2) is 4.39 Å². The molecule has 1 heterocycles. The molecule has 0 spiro atoms. The van der Waals surface area contributed by atoms with Gasteiger partial charge in [-0.2, -0.15) is 0 Å². The molecule has 2 rings (SSSR count). The van der Waals surface area contributed by atoms with Crippen LogP contribution in [0.1, 0.15) is 17.2 Å². The van der Waals surface area contributed by atoms with Crippen LogP contribution in [0.4, 0.5) is 4.39 Å². The molecule has 3 N–H and O–H groups in total. The lowest BCUT2D eigenvalue weighted by Gasteiger charge is -2.16. The summed E-state index contributed by atoms with van der Waals surface area (Å²) in [7, 11) is 0. The van der Waals surface area contributed by atoms with Crippen molar-refractivity contribution in [2.45, 2.75) is 12.5 Å². The first-order chi connectivity index (χ1) is 8.70. The minimum Gasteiger partial charge on any atom is -0.271 e. The standard InChI is InChI=1S/C13H13BrFN3/c14-12-7-11(15)4-3-9(12)6-13(18-16)10-2-1-5-17-8-10/h1-5,7-8,13,18H,6,16H2. The van der Waals surface area contributed by atoms with E-state index in [1.54, 1.807) is 18.5 Å². The quantitative estimate of drug-likeness (QED) is 0.674. The predicted octanol–water partition coefficient (Wildman–Crippen LogP) is 2.73. The lowest BCUT2D eigenvalue weighted by atomic mass is 10.0. The van der Waals surface area contributed by atoms with E-state index in [-0.39, 0.29) is 11.9 Å². The van der Waals surface area contributed by atoms with Crippen LogP contribution in [0.15, 0.2) is 47.2 Å². The normalized spacial score (nSPS) is 12.4. The summed E-state index contributed by atoms with van der Waals surface area (Å²) < 4.78 is 13.8. The summed E-state index contributed by atoms with van der Waals surface area (Å²) in [5.41, 5.74) is 4.74. The highest BCUT2D eigenvalue weighted by Gasteiger charge is 2.12. The molecule has 0 aliphatic carbocycles. The number of hydrogen-bond donors (Lipinski definition) is 2. The van der Waals surface area contributed by atoms with Gasteiger partial charge in [0.05, 0.1) is 6.04 Å². The van der Waals surface area contributed by atoms with E-state index in [2.05, 4.69) is 26.3 Å². The van der Waals surface area contributed by atoms with E-state index >= 15 is 0 Å². The maximum atomic E-state index is 13.0. The molecule has 0 fully saturated rings. The molecule has 1 aromatic heterocycles. The molecule has 0 amide bonds. The van der Waals surface area contributed by atoms with E-state index in [0.717, 1.165) is 15.6 Å². The number of hydrogen-bond acceptors (Lipinski definition) is 3. The van der Waals surface area contributed by atoms with Gasteiger partial charge < -0.3 is 0 Å². The first-order valence-electron chi connectivity index (χ1n) is 5.50. The summed E-state index contributed by atoms with van der Waals surface area (Å²) in [5, 5.41) is 0. The minimum absolute atomic E-state index is 0.0551. The van der Waals surface area contributed by atoms with Gasteiger partial charge in [0, 0.05) is 16.9 Å². The summed E-state index contributed by atoms with van der Waals surface area (Å²) in [4.78, 5) is 4.06. The Hall–Kier alpha value is -1.30. The van der Waals surface area contributed by atoms with Crippen LogP contribution in [0.3, 0.4) is 0 Å². The maximum absolute atomic E-state index is 13.0. The van der Waals surface area contributed by atoms with Crippen LogP contribution in [0.5, 0.6) is 0 Å². The van der Waals surface area contributed by atoms with Gasteiger partial charge in [-0.1, -0.05) is 28.1 Å². The first-order valence-corrected chi connectivity index (χ1v) is 6.30. The fourth-order valence-electron chi connectivity index (χ4n) is 1.76. The van der Waals surface area contributed by atoms with E-state index in [1.807, 2.05) is 12.1 Å². The van der Waals surface area contributed by atoms with Crippen molar-refractivity contribution in [2.24, 2.45) is 5.84 Å². The average Bonchev–Trinajstić information content (AvgIpc) is 2.39. The van der Waals surface area contributed by atoms with Crippen molar-refractivity contribution in [1.29, 1.82) is 0 Å². The highest BCUT2D eigenvalue weighted by atomic mass is 79.9. The Kier molecular flexibility index (Phi) is 4.41. The molecule has 1 atom stereocenters. The lowest BCUT2D eigenvalue weighted by Crippen LogP contribution is -2.29. The fourth-order valence-corrected chi connectivity index (χ4v) is 2.27. The number of nitrogens with one attached hydrogen (secondary N) is 1. The van der Waals surface area contributed by atoms with Crippen molar-refractivity contribution in [3.8, 4) is 0 Å². The third-order valence-corrected chi connectivity index (χ3v) is 3.47. The van der Waals surface area contributed by atoms with Gasteiger partial charge in [0.1, 0.15) is 5.82 Å². The number of rotatable bonds is 4. The van der Waals surface area contributed by atoms with Crippen molar-refractivity contribution < 1.29 is 4.39 Å². The Balaban J connectivity index is 2.21. The lowest BCUT2D eigenvalue weighted by molar-refractivity contribution is 0.548. The molecule has 1 unspecified atom stereocenters. The Morgan fingerprint density at radius 3 is 2.83 bits per heavy atom. The highest BCUT2D eigenvalue weighted by Crippen LogP contribution is 2.23. The molecule has 5 heteroatoms. The van der Waals surface area contributed by atoms with E-state index in [0.29, 0.717) is 6.42 Å². The van der Waals surface area contributed by atoms with Gasteiger partial charge in [-0.05, 0) is 35.7 Å². The summed E-state index contributed by atoms with van der Waals surface area (Å²) in [5.74, 6) is 5.31. The molecule has 2 aromatic rings. The molecule has 0 aliphatic rings. The molecule has 0 saturated carbocycles. The van der Waals surface area contributed by atoms with Gasteiger partial charge in [0.25, 0.3) is 0 Å². The predicted molar refractivity (Wildman–Crippen MR) is 72.1 cm³/mol. The molecular weight excluding hydrogens is 297 g/mol. The second-order valence-electron chi connectivity index (χ2n) is 3.95. The topological polar surface area (TPSA) is 50.9 Å². The Morgan fingerprint density at radius 1 is 1.39 bits per heavy atom. The van der Waals surface area contributed by atoms with Gasteiger partial charge in [-0.3, -0.25) is 16.3 Å². The number of benzene rings is 1. The Bertz CT molecular complexity index is 519. The van der Waals surface area contributed by atoms with Crippen LogP contribution < -0.4 is 11.3 Å². The number of pyridine rings is 1. The van der Waals surface area contributed by atoms with Crippen molar-refractivity contribution in [3.05, 3.63) is 64.1 Å². The monoisotopic (exact) mass is 309 g/mol. The third kappa shape index (κ3) is 3.13. The smallest absolute Gasteiger partial charge is 0.124 e. The minimum atomic E-state index is -0.260. The van der Waals surface area contributed by atoms with E-state index in [1.165, 1.54) is 12.1 Å². The van der Waals surface area contributed by atoms with Crippen molar-refractivity contribution in [3.63, 3.8) is 0 Å². The van der Waals surface area contributed by atoms with Crippen LogP contribution >= 0.6 is 15.9 Å². The van der Waals surface area contributed by atoms with Crippen LogP contribution in [0.25, 0.3) is 0 Å². The molecule has 0 aliphatic heterocycles. The molecule has 0 saturated heterocycles. The Morgan fingerprint density at radius 2 is 2.22 bits per heavy atom. The SMILES string of the molecule is NNC(Cc1ccc(F)cc1Br)c1cccnc1. The molecule has 3 nitrogen and oxygen atoms in total.